The summed E-state index contributed by atoms with van der Waals surface area (Å²) in [5, 5.41) is 14.5. The van der Waals surface area contributed by atoms with E-state index in [1.54, 1.807) is 6.92 Å². The monoisotopic (exact) mass is 279 g/mol. The number of hydrogen-bond donors (Lipinski definition) is 1. The SMILES string of the molecule is CCC/C(=N\Nc1ccc([N+](=O)[O-])cc1)C(=O)OCC. The summed E-state index contributed by atoms with van der Waals surface area (Å²) in [4.78, 5) is 21.7. The van der Waals surface area contributed by atoms with Crippen molar-refractivity contribution in [3.63, 3.8) is 0 Å². The Labute approximate surface area is 116 Å². The van der Waals surface area contributed by atoms with Gasteiger partial charge in [-0.15, -0.1) is 0 Å². The Kier molecular flexibility index (Phi) is 6.15. The summed E-state index contributed by atoms with van der Waals surface area (Å²) in [6.07, 6.45) is 1.26. The lowest BCUT2D eigenvalue weighted by molar-refractivity contribution is -0.384. The largest absolute Gasteiger partial charge is 0.461 e. The van der Waals surface area contributed by atoms with Crippen LogP contribution in [0.5, 0.6) is 0 Å². The average Bonchev–Trinajstić information content (AvgIpc) is 2.44. The summed E-state index contributed by atoms with van der Waals surface area (Å²) in [6, 6.07) is 5.77. The van der Waals surface area contributed by atoms with Crippen molar-refractivity contribution in [2.45, 2.75) is 26.7 Å². The molecule has 20 heavy (non-hydrogen) atoms. The van der Waals surface area contributed by atoms with Gasteiger partial charge in [-0.25, -0.2) is 4.79 Å². The van der Waals surface area contributed by atoms with Crippen molar-refractivity contribution < 1.29 is 14.5 Å². The van der Waals surface area contributed by atoms with E-state index in [0.29, 0.717) is 24.4 Å². The second kappa shape index (κ2) is 7.88. The van der Waals surface area contributed by atoms with E-state index in [1.807, 2.05) is 6.92 Å². The molecular formula is C13H17N3O4. The summed E-state index contributed by atoms with van der Waals surface area (Å²) in [6.45, 7) is 3.95. The number of hydrogen-bond acceptors (Lipinski definition) is 6. The molecule has 0 aliphatic carbocycles. The van der Waals surface area contributed by atoms with E-state index in [0.717, 1.165) is 6.42 Å². The molecule has 1 aromatic rings. The first kappa shape index (κ1) is 15.6. The normalized spacial score (nSPS) is 11.0. The predicted molar refractivity (Wildman–Crippen MR) is 75.7 cm³/mol. The second-order valence-corrected chi connectivity index (χ2v) is 3.94. The van der Waals surface area contributed by atoms with Gasteiger partial charge in [0, 0.05) is 12.1 Å². The Morgan fingerprint density at radius 3 is 2.50 bits per heavy atom. The number of benzene rings is 1. The Morgan fingerprint density at radius 1 is 1.35 bits per heavy atom. The molecule has 0 unspecified atom stereocenters. The number of rotatable bonds is 7. The van der Waals surface area contributed by atoms with Crippen LogP contribution >= 0.6 is 0 Å². The highest BCUT2D eigenvalue weighted by molar-refractivity contribution is 6.36. The van der Waals surface area contributed by atoms with Gasteiger partial charge in [0.15, 0.2) is 0 Å². The zero-order chi connectivity index (χ0) is 15.0. The molecule has 7 heteroatoms. The number of nitro groups is 1. The number of ether oxygens (including phenoxy) is 1. The summed E-state index contributed by atoms with van der Waals surface area (Å²) in [5.41, 5.74) is 3.56. The second-order valence-electron chi connectivity index (χ2n) is 3.94. The fourth-order valence-corrected chi connectivity index (χ4v) is 1.44. The fraction of sp³-hybridized carbons (Fsp3) is 0.385. The van der Waals surface area contributed by atoms with Crippen molar-refractivity contribution in [3.05, 3.63) is 34.4 Å². The van der Waals surface area contributed by atoms with Gasteiger partial charge in [0.1, 0.15) is 5.71 Å². The predicted octanol–water partition coefficient (Wildman–Crippen LogP) is 2.73. The average molecular weight is 279 g/mol. The van der Waals surface area contributed by atoms with Crippen molar-refractivity contribution in [1.29, 1.82) is 0 Å². The molecule has 1 aromatic carbocycles. The molecule has 0 saturated carbocycles. The van der Waals surface area contributed by atoms with Crippen LogP contribution in [0.3, 0.4) is 0 Å². The Morgan fingerprint density at radius 2 is 2.00 bits per heavy atom. The minimum absolute atomic E-state index is 0.00120. The molecule has 0 amide bonds. The molecule has 0 bridgehead atoms. The molecule has 0 radical (unpaired) electrons. The molecule has 1 rings (SSSR count). The highest BCUT2D eigenvalue weighted by Gasteiger charge is 2.11. The molecule has 7 nitrogen and oxygen atoms in total. The van der Waals surface area contributed by atoms with E-state index >= 15 is 0 Å². The topological polar surface area (TPSA) is 93.8 Å². The van der Waals surface area contributed by atoms with Crippen molar-refractivity contribution in [2.75, 3.05) is 12.0 Å². The molecule has 1 N–H and O–H groups in total. The number of nitrogens with zero attached hydrogens (tertiary/aromatic N) is 2. The van der Waals surface area contributed by atoms with E-state index in [2.05, 4.69) is 10.5 Å². The van der Waals surface area contributed by atoms with Crippen LogP contribution in [-0.2, 0) is 9.53 Å². The summed E-state index contributed by atoms with van der Waals surface area (Å²) in [7, 11) is 0. The first-order valence-corrected chi connectivity index (χ1v) is 6.32. The number of carbonyl (C=O) groups is 1. The van der Waals surface area contributed by atoms with Crippen LogP contribution in [0.2, 0.25) is 0 Å². The molecule has 0 fully saturated rings. The fourth-order valence-electron chi connectivity index (χ4n) is 1.44. The third kappa shape index (κ3) is 4.68. The van der Waals surface area contributed by atoms with Gasteiger partial charge < -0.3 is 4.74 Å². The lowest BCUT2D eigenvalue weighted by atomic mass is 10.2. The van der Waals surface area contributed by atoms with E-state index in [-0.39, 0.29) is 5.69 Å². The molecule has 0 aliphatic heterocycles. The van der Waals surface area contributed by atoms with Gasteiger partial charge in [-0.2, -0.15) is 5.10 Å². The number of nitrogens with one attached hydrogen (secondary N) is 1. The molecule has 0 aliphatic rings. The van der Waals surface area contributed by atoms with Crippen LogP contribution in [0.15, 0.2) is 29.4 Å². The van der Waals surface area contributed by atoms with Crippen LogP contribution in [-0.4, -0.2) is 23.2 Å². The first-order chi connectivity index (χ1) is 9.58. The minimum atomic E-state index is -0.478. The number of esters is 1. The van der Waals surface area contributed by atoms with Gasteiger partial charge in [0.2, 0.25) is 0 Å². The van der Waals surface area contributed by atoms with Crippen molar-refractivity contribution in [1.82, 2.24) is 0 Å². The quantitative estimate of drug-likeness (QED) is 0.358. The summed E-state index contributed by atoms with van der Waals surface area (Å²) in [5.74, 6) is -0.455. The number of hydrazone groups is 1. The maximum atomic E-state index is 11.6. The van der Waals surface area contributed by atoms with Gasteiger partial charge >= 0.3 is 5.97 Å². The standard InChI is InChI=1S/C13H17N3O4/c1-3-5-12(13(17)20-4-2)15-14-10-6-8-11(9-7-10)16(18)19/h6-9,14H,3-5H2,1-2H3/b15-12+. The Hall–Kier alpha value is -2.44. The molecule has 0 spiro atoms. The van der Waals surface area contributed by atoms with Gasteiger partial charge in [-0.3, -0.25) is 15.5 Å². The Bertz CT molecular complexity index is 497. The third-order valence-electron chi connectivity index (χ3n) is 2.40. The number of anilines is 1. The van der Waals surface area contributed by atoms with Crippen LogP contribution < -0.4 is 5.43 Å². The molecule has 108 valence electrons. The van der Waals surface area contributed by atoms with E-state index in [1.165, 1.54) is 24.3 Å². The zero-order valence-electron chi connectivity index (χ0n) is 11.5. The molecular weight excluding hydrogens is 262 g/mol. The first-order valence-electron chi connectivity index (χ1n) is 6.32. The summed E-state index contributed by atoms with van der Waals surface area (Å²) >= 11 is 0. The van der Waals surface area contributed by atoms with Crippen LogP contribution in [0.25, 0.3) is 0 Å². The number of nitro benzene ring substituents is 1. The summed E-state index contributed by atoms with van der Waals surface area (Å²) < 4.78 is 4.90. The van der Waals surface area contributed by atoms with Crippen molar-refractivity contribution in [2.24, 2.45) is 5.10 Å². The molecule has 0 aromatic heterocycles. The Balaban J connectivity index is 2.75. The highest BCUT2D eigenvalue weighted by Crippen LogP contribution is 2.15. The number of non-ortho nitro benzene ring substituents is 1. The maximum absolute atomic E-state index is 11.6. The van der Waals surface area contributed by atoms with Gasteiger partial charge in [-0.1, -0.05) is 13.3 Å². The van der Waals surface area contributed by atoms with E-state index < -0.39 is 10.9 Å². The third-order valence-corrected chi connectivity index (χ3v) is 2.40. The van der Waals surface area contributed by atoms with E-state index in [4.69, 9.17) is 4.74 Å². The van der Waals surface area contributed by atoms with Gasteiger partial charge in [0.05, 0.1) is 17.2 Å². The molecule has 0 atom stereocenters. The van der Waals surface area contributed by atoms with Crippen molar-refractivity contribution in [3.8, 4) is 0 Å². The zero-order valence-corrected chi connectivity index (χ0v) is 11.5. The van der Waals surface area contributed by atoms with Crippen LogP contribution in [0, 0.1) is 10.1 Å². The van der Waals surface area contributed by atoms with Crippen LogP contribution in [0.1, 0.15) is 26.7 Å². The van der Waals surface area contributed by atoms with Crippen molar-refractivity contribution >= 4 is 23.1 Å². The highest BCUT2D eigenvalue weighted by atomic mass is 16.6. The van der Waals surface area contributed by atoms with E-state index in [9.17, 15) is 14.9 Å². The lowest BCUT2D eigenvalue weighted by Crippen LogP contribution is -2.18. The molecule has 0 heterocycles. The minimum Gasteiger partial charge on any atom is -0.461 e. The lowest BCUT2D eigenvalue weighted by Gasteiger charge is -2.06. The maximum Gasteiger partial charge on any atom is 0.354 e. The van der Waals surface area contributed by atoms with Gasteiger partial charge in [0.25, 0.3) is 5.69 Å². The molecule has 0 saturated heterocycles. The smallest absolute Gasteiger partial charge is 0.354 e. The number of carbonyl (C=O) groups excluding carboxylic acids is 1. The van der Waals surface area contributed by atoms with Crippen LogP contribution in [0.4, 0.5) is 11.4 Å². The van der Waals surface area contributed by atoms with Gasteiger partial charge in [-0.05, 0) is 25.5 Å².